The van der Waals surface area contributed by atoms with Crippen molar-refractivity contribution >= 4 is 0 Å². The highest BCUT2D eigenvalue weighted by Crippen LogP contribution is 2.35. The lowest BCUT2D eigenvalue weighted by Gasteiger charge is -2.35. The van der Waals surface area contributed by atoms with E-state index in [0.717, 1.165) is 12.1 Å². The van der Waals surface area contributed by atoms with E-state index in [-0.39, 0.29) is 0 Å². The highest BCUT2D eigenvalue weighted by Gasteiger charge is 2.27. The number of nitriles is 1. The summed E-state index contributed by atoms with van der Waals surface area (Å²) in [5, 5.41) is 12.4. The van der Waals surface area contributed by atoms with Gasteiger partial charge >= 0.3 is 0 Å². The second-order valence-corrected chi connectivity index (χ2v) is 6.15. The van der Waals surface area contributed by atoms with E-state index in [1.807, 2.05) is 24.3 Å². The molecule has 0 radical (unpaired) electrons. The molecule has 1 aliphatic rings. The molecule has 1 unspecified atom stereocenters. The van der Waals surface area contributed by atoms with Crippen LogP contribution in [0.5, 0.6) is 0 Å². The van der Waals surface area contributed by atoms with Crippen molar-refractivity contribution in [3.05, 3.63) is 35.4 Å². The third-order valence-electron chi connectivity index (χ3n) is 3.88. The summed E-state index contributed by atoms with van der Waals surface area (Å²) < 4.78 is 0. The Morgan fingerprint density at radius 2 is 2.06 bits per heavy atom. The number of benzene rings is 1. The molecule has 0 aliphatic heterocycles. The molecule has 0 spiro atoms. The lowest BCUT2D eigenvalue weighted by Crippen LogP contribution is -2.36. The summed E-state index contributed by atoms with van der Waals surface area (Å²) in [6, 6.07) is 10.7. The Hall–Kier alpha value is -1.33. The normalized spacial score (nSPS) is 22.4. The number of nitrogens with one attached hydrogen (secondary N) is 1. The smallest absolute Gasteiger partial charge is 0.0991 e. The van der Waals surface area contributed by atoms with Gasteiger partial charge in [0.25, 0.3) is 0 Å². The minimum Gasteiger partial charge on any atom is -0.310 e. The van der Waals surface area contributed by atoms with E-state index < -0.39 is 0 Å². The van der Waals surface area contributed by atoms with Gasteiger partial charge in [-0.25, -0.2) is 0 Å². The second-order valence-electron chi connectivity index (χ2n) is 6.15. The van der Waals surface area contributed by atoms with Crippen molar-refractivity contribution in [1.29, 1.82) is 5.26 Å². The molecule has 0 bridgehead atoms. The molecule has 18 heavy (non-hydrogen) atoms. The first-order chi connectivity index (χ1) is 8.59. The fourth-order valence-electron chi connectivity index (χ4n) is 2.83. The van der Waals surface area contributed by atoms with E-state index in [1.165, 1.54) is 31.2 Å². The lowest BCUT2D eigenvalue weighted by molar-refractivity contribution is 0.198. The van der Waals surface area contributed by atoms with Gasteiger partial charge in [0.2, 0.25) is 0 Å². The molecule has 2 heteroatoms. The maximum Gasteiger partial charge on any atom is 0.0991 e. The molecule has 2 rings (SSSR count). The highest BCUT2D eigenvalue weighted by molar-refractivity contribution is 5.31. The Labute approximate surface area is 110 Å². The second kappa shape index (κ2) is 5.54. The monoisotopic (exact) mass is 242 g/mol. The van der Waals surface area contributed by atoms with E-state index in [0.29, 0.717) is 11.5 Å². The molecule has 2 nitrogen and oxygen atoms in total. The Balaban J connectivity index is 1.85. The molecular formula is C16H22N2. The number of hydrogen-bond donors (Lipinski definition) is 1. The minimum atomic E-state index is 0.487. The Morgan fingerprint density at radius 1 is 1.33 bits per heavy atom. The van der Waals surface area contributed by atoms with E-state index >= 15 is 0 Å². The van der Waals surface area contributed by atoms with E-state index in [2.05, 4.69) is 25.2 Å². The zero-order chi connectivity index (χ0) is 13.0. The third kappa shape index (κ3) is 3.58. The van der Waals surface area contributed by atoms with Crippen LogP contribution in [0.25, 0.3) is 0 Å². The predicted molar refractivity (Wildman–Crippen MR) is 74.0 cm³/mol. The molecule has 0 aromatic heterocycles. The number of nitrogens with zero attached hydrogens (tertiary/aromatic N) is 1. The summed E-state index contributed by atoms with van der Waals surface area (Å²) in [4.78, 5) is 0. The van der Waals surface area contributed by atoms with Crippen LogP contribution in [0.2, 0.25) is 0 Å². The molecule has 0 saturated heterocycles. The van der Waals surface area contributed by atoms with E-state index in [1.54, 1.807) is 0 Å². The van der Waals surface area contributed by atoms with Gasteiger partial charge in [0.1, 0.15) is 0 Å². The first kappa shape index (κ1) is 13.1. The van der Waals surface area contributed by atoms with Gasteiger partial charge in [-0.3, -0.25) is 0 Å². The van der Waals surface area contributed by atoms with E-state index in [9.17, 15) is 0 Å². The zero-order valence-corrected chi connectivity index (χ0v) is 11.4. The maximum atomic E-state index is 8.75. The van der Waals surface area contributed by atoms with Crippen LogP contribution < -0.4 is 5.32 Å². The molecule has 96 valence electrons. The zero-order valence-electron chi connectivity index (χ0n) is 11.4. The summed E-state index contributed by atoms with van der Waals surface area (Å²) >= 11 is 0. The van der Waals surface area contributed by atoms with Gasteiger partial charge in [0, 0.05) is 12.6 Å². The molecule has 1 fully saturated rings. The molecule has 1 aliphatic carbocycles. The van der Waals surface area contributed by atoms with Crippen molar-refractivity contribution in [2.24, 2.45) is 5.41 Å². The molecular weight excluding hydrogens is 220 g/mol. The summed E-state index contributed by atoms with van der Waals surface area (Å²) in [7, 11) is 0. The van der Waals surface area contributed by atoms with Crippen LogP contribution in [0.15, 0.2) is 24.3 Å². The molecule has 0 amide bonds. The Kier molecular flexibility index (Phi) is 4.04. The average molecular weight is 242 g/mol. The average Bonchev–Trinajstić information content (AvgIpc) is 2.36. The Morgan fingerprint density at radius 3 is 2.67 bits per heavy atom. The summed E-state index contributed by atoms with van der Waals surface area (Å²) in [5.41, 5.74) is 2.48. The van der Waals surface area contributed by atoms with Crippen LogP contribution in [0.4, 0.5) is 0 Å². The number of hydrogen-bond acceptors (Lipinski definition) is 2. The van der Waals surface area contributed by atoms with Crippen molar-refractivity contribution < 1.29 is 0 Å². The standard InChI is InChI=1S/C16H22N2/c1-16(2)9-3-4-15(10-16)18-12-14-7-5-13(11-17)6-8-14/h5-8,15,18H,3-4,9-10,12H2,1-2H3. The summed E-state index contributed by atoms with van der Waals surface area (Å²) in [6.45, 7) is 5.64. The summed E-state index contributed by atoms with van der Waals surface area (Å²) in [6.07, 6.45) is 5.24. The van der Waals surface area contributed by atoms with Crippen molar-refractivity contribution in [2.45, 2.75) is 52.1 Å². The fraction of sp³-hybridized carbons (Fsp3) is 0.562. The van der Waals surface area contributed by atoms with Gasteiger partial charge in [0.05, 0.1) is 11.6 Å². The first-order valence-corrected chi connectivity index (χ1v) is 6.81. The van der Waals surface area contributed by atoms with Crippen LogP contribution in [0.3, 0.4) is 0 Å². The number of rotatable bonds is 3. The largest absolute Gasteiger partial charge is 0.310 e. The van der Waals surface area contributed by atoms with Gasteiger partial charge in [-0.15, -0.1) is 0 Å². The van der Waals surface area contributed by atoms with Gasteiger partial charge in [0.15, 0.2) is 0 Å². The van der Waals surface area contributed by atoms with Gasteiger partial charge in [-0.05, 0) is 42.4 Å². The molecule has 1 atom stereocenters. The van der Waals surface area contributed by atoms with Crippen LogP contribution in [-0.2, 0) is 6.54 Å². The quantitative estimate of drug-likeness (QED) is 0.878. The van der Waals surface area contributed by atoms with Crippen molar-refractivity contribution in [2.75, 3.05) is 0 Å². The van der Waals surface area contributed by atoms with Crippen LogP contribution >= 0.6 is 0 Å². The van der Waals surface area contributed by atoms with Crippen molar-refractivity contribution in [3.8, 4) is 6.07 Å². The van der Waals surface area contributed by atoms with Gasteiger partial charge < -0.3 is 5.32 Å². The topological polar surface area (TPSA) is 35.8 Å². The predicted octanol–water partition coefficient (Wildman–Crippen LogP) is 3.62. The van der Waals surface area contributed by atoms with Crippen molar-refractivity contribution in [1.82, 2.24) is 5.32 Å². The lowest BCUT2D eigenvalue weighted by atomic mass is 9.75. The van der Waals surface area contributed by atoms with Crippen LogP contribution in [0, 0.1) is 16.7 Å². The molecule has 1 aromatic carbocycles. The van der Waals surface area contributed by atoms with E-state index in [4.69, 9.17) is 5.26 Å². The minimum absolute atomic E-state index is 0.487. The molecule has 1 aromatic rings. The highest BCUT2D eigenvalue weighted by atomic mass is 14.9. The Bertz CT molecular complexity index is 425. The molecule has 0 heterocycles. The first-order valence-electron chi connectivity index (χ1n) is 6.81. The van der Waals surface area contributed by atoms with Gasteiger partial charge in [-0.1, -0.05) is 32.4 Å². The maximum absolute atomic E-state index is 8.75. The van der Waals surface area contributed by atoms with Gasteiger partial charge in [-0.2, -0.15) is 5.26 Å². The fourth-order valence-corrected chi connectivity index (χ4v) is 2.83. The van der Waals surface area contributed by atoms with Crippen LogP contribution in [0.1, 0.15) is 50.7 Å². The van der Waals surface area contributed by atoms with Crippen molar-refractivity contribution in [3.63, 3.8) is 0 Å². The van der Waals surface area contributed by atoms with Crippen LogP contribution in [-0.4, -0.2) is 6.04 Å². The molecule has 1 N–H and O–H groups in total. The summed E-state index contributed by atoms with van der Waals surface area (Å²) in [5.74, 6) is 0. The third-order valence-corrected chi connectivity index (χ3v) is 3.88. The SMILES string of the molecule is CC1(C)CCCC(NCc2ccc(C#N)cc2)C1. The molecule has 1 saturated carbocycles.